The monoisotopic (exact) mass is 362 g/mol. The lowest BCUT2D eigenvalue weighted by Gasteiger charge is -2.24. The Bertz CT molecular complexity index is 628. The Kier molecular flexibility index (Phi) is 8.38. The lowest BCUT2D eigenvalue weighted by molar-refractivity contribution is -0.0509. The first kappa shape index (κ1) is 22.3. The summed E-state index contributed by atoms with van der Waals surface area (Å²) in [5.41, 5.74) is 3.13. The van der Waals surface area contributed by atoms with Crippen molar-refractivity contribution in [1.82, 2.24) is 0 Å². The van der Waals surface area contributed by atoms with E-state index in [0.29, 0.717) is 12.8 Å². The fourth-order valence-electron chi connectivity index (χ4n) is 2.79. The third-order valence-corrected chi connectivity index (χ3v) is 4.75. The molecule has 1 aromatic rings. The minimum absolute atomic E-state index is 0.0831. The molecule has 0 bridgehead atoms. The Balaban J connectivity index is 2.48. The maximum atomic E-state index is 9.96. The molecule has 1 rings (SSSR count). The average Bonchev–Trinajstić information content (AvgIpc) is 2.50. The second-order valence-corrected chi connectivity index (χ2v) is 7.81. The number of benzene rings is 1. The van der Waals surface area contributed by atoms with Crippen molar-refractivity contribution in [3.63, 3.8) is 0 Å². The zero-order valence-electron chi connectivity index (χ0n) is 16.7. The number of phenols is 2. The smallest absolute Gasteiger partial charge is 0.123 e. The van der Waals surface area contributed by atoms with E-state index in [9.17, 15) is 20.4 Å². The van der Waals surface area contributed by atoms with Crippen molar-refractivity contribution in [2.75, 3.05) is 0 Å². The Morgan fingerprint density at radius 2 is 1.69 bits per heavy atom. The normalized spacial score (nSPS) is 14.6. The van der Waals surface area contributed by atoms with Gasteiger partial charge in [-0.05, 0) is 78.4 Å². The molecule has 0 heterocycles. The molecule has 1 unspecified atom stereocenters. The minimum atomic E-state index is -1.06. The summed E-state index contributed by atoms with van der Waals surface area (Å²) in [7, 11) is 0. The quantitative estimate of drug-likeness (QED) is 0.486. The van der Waals surface area contributed by atoms with E-state index < -0.39 is 11.7 Å². The van der Waals surface area contributed by atoms with E-state index in [4.69, 9.17) is 0 Å². The Morgan fingerprint density at radius 3 is 2.27 bits per heavy atom. The summed E-state index contributed by atoms with van der Waals surface area (Å²) in [4.78, 5) is 0. The summed E-state index contributed by atoms with van der Waals surface area (Å²) in [5, 5.41) is 39.0. The Labute approximate surface area is 157 Å². The van der Waals surface area contributed by atoms with E-state index in [1.165, 1.54) is 17.2 Å². The number of phenolic OH excluding ortho intramolecular Hbond substituents is 2. The van der Waals surface area contributed by atoms with E-state index in [1.54, 1.807) is 19.9 Å². The molecule has 1 atom stereocenters. The van der Waals surface area contributed by atoms with Gasteiger partial charge in [-0.15, -0.1) is 0 Å². The van der Waals surface area contributed by atoms with Gasteiger partial charge in [0.15, 0.2) is 0 Å². The van der Waals surface area contributed by atoms with Crippen molar-refractivity contribution >= 4 is 0 Å². The largest absolute Gasteiger partial charge is 0.508 e. The highest BCUT2D eigenvalue weighted by Crippen LogP contribution is 2.27. The van der Waals surface area contributed by atoms with Gasteiger partial charge in [0.1, 0.15) is 11.5 Å². The average molecular weight is 363 g/mol. The van der Waals surface area contributed by atoms with Crippen LogP contribution < -0.4 is 0 Å². The fourth-order valence-corrected chi connectivity index (χ4v) is 2.79. The van der Waals surface area contributed by atoms with Crippen LogP contribution in [0.4, 0.5) is 0 Å². The molecule has 0 aromatic heterocycles. The number of aryl methyl sites for hydroxylation is 1. The standard InChI is InChI=1S/C22H34O4/c1-15(9-11-19-17(3)13-18(23)14-20(19)24)7-6-8-16(2)10-12-21(25)22(4,5)26/h8-9,13-14,21,23-26H,6-7,10-12H2,1-5H3/b15-9+,16-8+. The molecule has 0 saturated carbocycles. The van der Waals surface area contributed by atoms with Gasteiger partial charge in [0.25, 0.3) is 0 Å². The van der Waals surface area contributed by atoms with Gasteiger partial charge in [-0.25, -0.2) is 0 Å². The van der Waals surface area contributed by atoms with Gasteiger partial charge in [0.05, 0.1) is 11.7 Å². The Morgan fingerprint density at radius 1 is 1.08 bits per heavy atom. The first-order chi connectivity index (χ1) is 12.0. The lowest BCUT2D eigenvalue weighted by atomic mass is 9.95. The number of aromatic hydroxyl groups is 2. The molecule has 0 radical (unpaired) electrons. The summed E-state index contributed by atoms with van der Waals surface area (Å²) >= 11 is 0. The van der Waals surface area contributed by atoms with Gasteiger partial charge < -0.3 is 20.4 Å². The summed E-state index contributed by atoms with van der Waals surface area (Å²) in [5.74, 6) is 0.215. The minimum Gasteiger partial charge on any atom is -0.508 e. The molecule has 0 saturated heterocycles. The second-order valence-electron chi connectivity index (χ2n) is 7.81. The number of hydrogen-bond acceptors (Lipinski definition) is 4. The molecule has 0 spiro atoms. The predicted molar refractivity (Wildman–Crippen MR) is 106 cm³/mol. The number of aliphatic hydroxyl groups excluding tert-OH is 1. The lowest BCUT2D eigenvalue weighted by Crippen LogP contribution is -2.35. The topological polar surface area (TPSA) is 80.9 Å². The molecule has 0 aliphatic carbocycles. The zero-order chi connectivity index (χ0) is 19.9. The SMILES string of the molecule is C/C(=C\Cc1c(C)cc(O)cc1O)CC/C=C(\C)CCC(O)C(C)(C)O. The molecule has 0 aliphatic heterocycles. The van der Waals surface area contributed by atoms with Crippen molar-refractivity contribution in [2.24, 2.45) is 0 Å². The van der Waals surface area contributed by atoms with Crippen molar-refractivity contribution in [3.8, 4) is 11.5 Å². The van der Waals surface area contributed by atoms with Crippen molar-refractivity contribution < 1.29 is 20.4 Å². The third-order valence-electron chi connectivity index (χ3n) is 4.75. The van der Waals surface area contributed by atoms with E-state index in [2.05, 4.69) is 19.1 Å². The van der Waals surface area contributed by atoms with Crippen LogP contribution >= 0.6 is 0 Å². The van der Waals surface area contributed by atoms with Gasteiger partial charge in [0.2, 0.25) is 0 Å². The second kappa shape index (κ2) is 9.79. The van der Waals surface area contributed by atoms with E-state index in [-0.39, 0.29) is 11.5 Å². The first-order valence-corrected chi connectivity index (χ1v) is 9.24. The van der Waals surface area contributed by atoms with Gasteiger partial charge in [-0.1, -0.05) is 23.3 Å². The van der Waals surface area contributed by atoms with Crippen molar-refractivity contribution in [1.29, 1.82) is 0 Å². The van der Waals surface area contributed by atoms with Crippen LogP contribution in [0.3, 0.4) is 0 Å². The predicted octanol–water partition coefficient (Wildman–Crippen LogP) is 4.53. The van der Waals surface area contributed by atoms with Crippen LogP contribution in [-0.4, -0.2) is 32.1 Å². The van der Waals surface area contributed by atoms with Gasteiger partial charge in [0, 0.05) is 11.6 Å². The molecule has 146 valence electrons. The maximum Gasteiger partial charge on any atom is 0.123 e. The van der Waals surface area contributed by atoms with Crippen LogP contribution in [0.5, 0.6) is 11.5 Å². The number of rotatable bonds is 9. The van der Waals surface area contributed by atoms with Crippen LogP contribution in [0, 0.1) is 6.92 Å². The highest BCUT2D eigenvalue weighted by Gasteiger charge is 2.23. The molecule has 0 fully saturated rings. The highest BCUT2D eigenvalue weighted by molar-refractivity contribution is 5.45. The third kappa shape index (κ3) is 7.63. The van der Waals surface area contributed by atoms with Crippen LogP contribution in [0.1, 0.15) is 64.5 Å². The molecule has 0 amide bonds. The summed E-state index contributed by atoms with van der Waals surface area (Å²) in [6, 6.07) is 3.03. The Hall–Kier alpha value is -1.78. The molecular formula is C22H34O4. The first-order valence-electron chi connectivity index (χ1n) is 9.24. The van der Waals surface area contributed by atoms with Gasteiger partial charge in [-0.3, -0.25) is 0 Å². The molecule has 1 aromatic carbocycles. The molecule has 26 heavy (non-hydrogen) atoms. The fraction of sp³-hybridized carbons (Fsp3) is 0.545. The molecular weight excluding hydrogens is 328 g/mol. The maximum absolute atomic E-state index is 9.96. The zero-order valence-corrected chi connectivity index (χ0v) is 16.7. The number of allylic oxidation sites excluding steroid dienone is 4. The van der Waals surface area contributed by atoms with E-state index >= 15 is 0 Å². The summed E-state index contributed by atoms with van der Waals surface area (Å²) in [6.07, 6.45) is 7.40. The van der Waals surface area contributed by atoms with Gasteiger partial charge in [-0.2, -0.15) is 0 Å². The summed E-state index contributed by atoms with van der Waals surface area (Å²) in [6.45, 7) is 9.26. The van der Waals surface area contributed by atoms with Gasteiger partial charge >= 0.3 is 0 Å². The van der Waals surface area contributed by atoms with Crippen molar-refractivity contribution in [3.05, 3.63) is 46.6 Å². The van der Waals surface area contributed by atoms with Crippen molar-refractivity contribution in [2.45, 2.75) is 78.4 Å². The molecule has 4 N–H and O–H groups in total. The van der Waals surface area contributed by atoms with E-state index in [1.807, 2.05) is 13.8 Å². The van der Waals surface area contributed by atoms with Crippen LogP contribution in [0.2, 0.25) is 0 Å². The highest BCUT2D eigenvalue weighted by atomic mass is 16.3. The number of hydrogen-bond donors (Lipinski definition) is 4. The summed E-state index contributed by atoms with van der Waals surface area (Å²) < 4.78 is 0. The van der Waals surface area contributed by atoms with Crippen LogP contribution in [0.25, 0.3) is 0 Å². The van der Waals surface area contributed by atoms with Crippen LogP contribution in [0.15, 0.2) is 35.4 Å². The molecule has 4 nitrogen and oxygen atoms in total. The van der Waals surface area contributed by atoms with E-state index in [0.717, 1.165) is 30.4 Å². The number of aliphatic hydroxyl groups is 2. The molecule has 4 heteroatoms. The van der Waals surface area contributed by atoms with Crippen LogP contribution in [-0.2, 0) is 6.42 Å². The molecule has 0 aliphatic rings.